The van der Waals surface area contributed by atoms with Gasteiger partial charge in [0.05, 0.1) is 25.0 Å². The number of carbonyl (C=O) groups excluding carboxylic acids is 1. The van der Waals surface area contributed by atoms with E-state index in [-0.39, 0.29) is 17.1 Å². The molecule has 0 radical (unpaired) electrons. The van der Waals surface area contributed by atoms with E-state index in [2.05, 4.69) is 19.7 Å². The molecule has 2 atom stereocenters. The highest BCUT2D eigenvalue weighted by molar-refractivity contribution is 8.00. The van der Waals surface area contributed by atoms with Crippen LogP contribution in [0.4, 0.5) is 0 Å². The van der Waals surface area contributed by atoms with Gasteiger partial charge in [0.1, 0.15) is 5.75 Å². The summed E-state index contributed by atoms with van der Waals surface area (Å²) in [6, 6.07) is 15.7. The molecule has 0 saturated carbocycles. The number of carbonyl (C=O) groups is 1. The van der Waals surface area contributed by atoms with Gasteiger partial charge in [0.2, 0.25) is 0 Å². The third-order valence-electron chi connectivity index (χ3n) is 6.27. The molecule has 7 nitrogen and oxygen atoms in total. The largest absolute Gasteiger partial charge is 0.497 e. The molecule has 34 heavy (non-hydrogen) atoms. The number of ketones is 1. The summed E-state index contributed by atoms with van der Waals surface area (Å²) in [5.74, 6) is 1.64. The van der Waals surface area contributed by atoms with Crippen molar-refractivity contribution in [3.63, 3.8) is 0 Å². The first-order valence-electron chi connectivity index (χ1n) is 11.5. The van der Waals surface area contributed by atoms with Crippen LogP contribution in [0.15, 0.2) is 53.7 Å². The van der Waals surface area contributed by atoms with Crippen molar-refractivity contribution in [2.45, 2.75) is 49.7 Å². The Hall–Kier alpha value is -3.10. The van der Waals surface area contributed by atoms with Crippen LogP contribution in [0.5, 0.6) is 5.75 Å². The number of ether oxygens (including phenoxy) is 2. The van der Waals surface area contributed by atoms with E-state index in [0.717, 1.165) is 63.9 Å². The Morgan fingerprint density at radius 2 is 2.03 bits per heavy atom. The average molecular weight is 477 g/mol. The number of H-pyrrole nitrogens is 1. The zero-order chi connectivity index (χ0) is 23.7. The van der Waals surface area contributed by atoms with Crippen LogP contribution in [0.2, 0.25) is 0 Å². The van der Waals surface area contributed by atoms with E-state index < -0.39 is 0 Å². The van der Waals surface area contributed by atoms with Crippen LogP contribution in [0.25, 0.3) is 22.3 Å². The van der Waals surface area contributed by atoms with Crippen molar-refractivity contribution in [3.05, 3.63) is 59.8 Å². The van der Waals surface area contributed by atoms with Gasteiger partial charge in [-0.05, 0) is 57.0 Å². The lowest BCUT2D eigenvalue weighted by molar-refractivity contribution is 0.0953. The minimum atomic E-state index is -0.325. The second-order valence-electron chi connectivity index (χ2n) is 8.58. The number of fused-ring (bicyclic) bond motifs is 1. The summed E-state index contributed by atoms with van der Waals surface area (Å²) in [6.07, 6.45) is 2.18. The smallest absolute Gasteiger partial charge is 0.192 e. The number of hydrogen-bond acceptors (Lipinski definition) is 6. The molecule has 176 valence electrons. The highest BCUT2D eigenvalue weighted by atomic mass is 32.2. The van der Waals surface area contributed by atoms with Crippen molar-refractivity contribution in [2.75, 3.05) is 13.7 Å². The third-order valence-corrected chi connectivity index (χ3v) is 7.35. The molecule has 1 N–H and O–H groups in total. The third kappa shape index (κ3) is 4.35. The highest BCUT2D eigenvalue weighted by Crippen LogP contribution is 2.32. The fraction of sp³-hybridized carbons (Fsp3) is 0.346. The Labute approximate surface area is 202 Å². The number of para-hydroxylation sites is 1. The number of nitrogens with one attached hydrogen (secondary N) is 1. The zero-order valence-corrected chi connectivity index (χ0v) is 20.4. The predicted octanol–water partition coefficient (Wildman–Crippen LogP) is 5.29. The van der Waals surface area contributed by atoms with Gasteiger partial charge in [0.25, 0.3) is 0 Å². The number of hydrogen-bond donors (Lipinski definition) is 1. The van der Waals surface area contributed by atoms with Gasteiger partial charge in [0.15, 0.2) is 16.8 Å². The number of aromatic amines is 1. The SMILES string of the molecule is COc1ccc(-c2nnc(SC(C)C(=O)c3c(C)[nH]c4ccccc34)n2CC2CCCO2)cc1. The second kappa shape index (κ2) is 9.64. The molecule has 1 aliphatic rings. The number of methoxy groups -OCH3 is 1. The van der Waals surface area contributed by atoms with Gasteiger partial charge in [-0.3, -0.25) is 9.36 Å². The van der Waals surface area contributed by atoms with Gasteiger partial charge in [-0.1, -0.05) is 30.0 Å². The van der Waals surface area contributed by atoms with Crippen molar-refractivity contribution in [1.29, 1.82) is 0 Å². The van der Waals surface area contributed by atoms with E-state index >= 15 is 0 Å². The summed E-state index contributed by atoms with van der Waals surface area (Å²) in [5, 5.41) is 10.4. The van der Waals surface area contributed by atoms with Gasteiger partial charge in [-0.15, -0.1) is 10.2 Å². The van der Waals surface area contributed by atoms with Gasteiger partial charge in [-0.2, -0.15) is 0 Å². The Balaban J connectivity index is 1.45. The number of Topliss-reactive ketones (excluding diaryl/α,β-unsaturated/α-hetero) is 1. The molecular weight excluding hydrogens is 448 g/mol. The molecule has 4 aromatic rings. The molecule has 8 heteroatoms. The maximum absolute atomic E-state index is 13.5. The Morgan fingerprint density at radius 3 is 2.76 bits per heavy atom. The number of rotatable bonds is 8. The Morgan fingerprint density at radius 1 is 1.24 bits per heavy atom. The monoisotopic (exact) mass is 476 g/mol. The van der Waals surface area contributed by atoms with Crippen LogP contribution in [-0.2, 0) is 11.3 Å². The first-order valence-corrected chi connectivity index (χ1v) is 12.4. The summed E-state index contributed by atoms with van der Waals surface area (Å²) >= 11 is 1.45. The lowest BCUT2D eigenvalue weighted by atomic mass is 10.1. The van der Waals surface area contributed by atoms with E-state index in [4.69, 9.17) is 9.47 Å². The molecule has 0 spiro atoms. The van der Waals surface area contributed by atoms with Crippen LogP contribution in [0.3, 0.4) is 0 Å². The quantitative estimate of drug-likeness (QED) is 0.275. The Bertz CT molecular complexity index is 1310. The van der Waals surface area contributed by atoms with E-state index in [9.17, 15) is 4.79 Å². The topological polar surface area (TPSA) is 82.0 Å². The molecule has 1 fully saturated rings. The van der Waals surface area contributed by atoms with Crippen LogP contribution in [0, 0.1) is 6.92 Å². The molecular formula is C26H28N4O3S. The minimum absolute atomic E-state index is 0.0811. The zero-order valence-electron chi connectivity index (χ0n) is 19.6. The van der Waals surface area contributed by atoms with E-state index in [1.165, 1.54) is 11.8 Å². The van der Waals surface area contributed by atoms with E-state index in [0.29, 0.717) is 6.54 Å². The molecule has 0 aliphatic carbocycles. The van der Waals surface area contributed by atoms with Crippen molar-refractivity contribution in [3.8, 4) is 17.1 Å². The summed E-state index contributed by atoms with van der Waals surface area (Å²) in [6.45, 7) is 5.32. The maximum atomic E-state index is 13.5. The summed E-state index contributed by atoms with van der Waals surface area (Å²) in [5.41, 5.74) is 3.56. The number of thioether (sulfide) groups is 1. The molecule has 1 saturated heterocycles. The van der Waals surface area contributed by atoms with Crippen LogP contribution in [0.1, 0.15) is 35.8 Å². The number of nitrogens with zero attached hydrogens (tertiary/aromatic N) is 3. The molecule has 3 heterocycles. The van der Waals surface area contributed by atoms with Crippen LogP contribution < -0.4 is 4.74 Å². The summed E-state index contributed by atoms with van der Waals surface area (Å²) < 4.78 is 13.3. The second-order valence-corrected chi connectivity index (χ2v) is 9.88. The molecule has 2 aromatic carbocycles. The molecule has 2 unspecified atom stereocenters. The standard InChI is InChI=1S/C26H28N4O3S/c1-16-23(21-8-4-5-9-22(21)27-16)24(31)17(2)34-26-29-28-25(18-10-12-19(32-3)13-11-18)30(26)15-20-7-6-14-33-20/h4-5,8-13,17,20,27H,6-7,14-15H2,1-3H3. The first-order chi connectivity index (χ1) is 16.5. The molecule has 0 bridgehead atoms. The normalized spacial score (nSPS) is 16.7. The van der Waals surface area contributed by atoms with Gasteiger partial charge in [-0.25, -0.2) is 0 Å². The summed E-state index contributed by atoms with van der Waals surface area (Å²) in [7, 11) is 1.65. The highest BCUT2D eigenvalue weighted by Gasteiger charge is 2.27. The molecule has 0 amide bonds. The first kappa shape index (κ1) is 22.7. The van der Waals surface area contributed by atoms with Crippen LogP contribution >= 0.6 is 11.8 Å². The molecule has 2 aromatic heterocycles. The lowest BCUT2D eigenvalue weighted by Gasteiger charge is -2.16. The van der Waals surface area contributed by atoms with Crippen molar-refractivity contribution in [1.82, 2.24) is 19.7 Å². The van der Waals surface area contributed by atoms with Crippen LogP contribution in [-0.4, -0.2) is 50.6 Å². The lowest BCUT2D eigenvalue weighted by Crippen LogP contribution is -2.19. The Kier molecular flexibility index (Phi) is 6.43. The minimum Gasteiger partial charge on any atom is -0.497 e. The van der Waals surface area contributed by atoms with Crippen molar-refractivity contribution in [2.24, 2.45) is 0 Å². The molecule has 1 aliphatic heterocycles. The number of aryl methyl sites for hydroxylation is 1. The van der Waals surface area contributed by atoms with Crippen molar-refractivity contribution < 1.29 is 14.3 Å². The number of benzene rings is 2. The number of aromatic nitrogens is 4. The van der Waals surface area contributed by atoms with E-state index in [1.807, 2.05) is 62.4 Å². The van der Waals surface area contributed by atoms with E-state index in [1.54, 1.807) is 7.11 Å². The van der Waals surface area contributed by atoms with Gasteiger partial charge < -0.3 is 14.5 Å². The van der Waals surface area contributed by atoms with Gasteiger partial charge in [0, 0.05) is 34.3 Å². The predicted molar refractivity (Wildman–Crippen MR) is 134 cm³/mol. The molecule has 5 rings (SSSR count). The maximum Gasteiger partial charge on any atom is 0.192 e. The van der Waals surface area contributed by atoms with Gasteiger partial charge >= 0.3 is 0 Å². The fourth-order valence-corrected chi connectivity index (χ4v) is 5.41. The van der Waals surface area contributed by atoms with Crippen molar-refractivity contribution >= 4 is 28.4 Å². The fourth-order valence-electron chi connectivity index (χ4n) is 4.50. The average Bonchev–Trinajstić information content (AvgIpc) is 3.58. The summed E-state index contributed by atoms with van der Waals surface area (Å²) in [4.78, 5) is 16.8.